The van der Waals surface area contributed by atoms with Crippen LogP contribution in [0.25, 0.3) is 0 Å². The molecule has 0 saturated heterocycles. The Kier molecular flexibility index (Phi) is 4.84. The number of unbranched alkanes of at least 4 members (excludes halogenated alkanes) is 1. The molecular weight excluding hydrogens is 172 g/mol. The van der Waals surface area contributed by atoms with Crippen LogP contribution in [0.3, 0.4) is 0 Å². The van der Waals surface area contributed by atoms with E-state index in [9.17, 15) is 0 Å². The highest BCUT2D eigenvalue weighted by atomic mass is 16.5. The van der Waals surface area contributed by atoms with Gasteiger partial charge < -0.3 is 4.74 Å². The molecule has 76 valence electrons. The summed E-state index contributed by atoms with van der Waals surface area (Å²) in [7, 11) is 0. The van der Waals surface area contributed by atoms with Crippen LogP contribution in [0.2, 0.25) is 0 Å². The van der Waals surface area contributed by atoms with Crippen molar-refractivity contribution in [2.45, 2.75) is 32.3 Å². The largest absolute Gasteiger partial charge is 0.494 e. The Morgan fingerprint density at radius 1 is 1.36 bits per heavy atom. The molecule has 0 spiro atoms. The van der Waals surface area contributed by atoms with Gasteiger partial charge >= 0.3 is 0 Å². The van der Waals surface area contributed by atoms with E-state index in [0.717, 1.165) is 6.42 Å². The summed E-state index contributed by atoms with van der Waals surface area (Å²) >= 11 is 0. The molecule has 0 radical (unpaired) electrons. The van der Waals surface area contributed by atoms with Gasteiger partial charge in [-0.2, -0.15) is 0 Å². The van der Waals surface area contributed by atoms with Crippen LogP contribution in [-0.2, 0) is 4.74 Å². The Balaban J connectivity index is 2.62. The Morgan fingerprint density at radius 3 is 2.64 bits per heavy atom. The molecule has 1 unspecified atom stereocenters. The van der Waals surface area contributed by atoms with E-state index in [0.29, 0.717) is 0 Å². The predicted molar refractivity (Wildman–Crippen MR) is 60.0 cm³/mol. The molecule has 0 fully saturated rings. The summed E-state index contributed by atoms with van der Waals surface area (Å²) in [6.45, 7) is 5.80. The lowest BCUT2D eigenvalue weighted by Crippen LogP contribution is -2.00. The summed E-state index contributed by atoms with van der Waals surface area (Å²) in [4.78, 5) is 0. The van der Waals surface area contributed by atoms with Gasteiger partial charge in [0.2, 0.25) is 0 Å². The lowest BCUT2D eigenvalue weighted by Gasteiger charge is -2.16. The van der Waals surface area contributed by atoms with Crippen LogP contribution in [0.1, 0.15) is 37.9 Å². The third-order valence-electron chi connectivity index (χ3n) is 2.25. The van der Waals surface area contributed by atoms with Crippen molar-refractivity contribution in [3.63, 3.8) is 0 Å². The molecule has 1 rings (SSSR count). The van der Waals surface area contributed by atoms with Gasteiger partial charge in [0, 0.05) is 0 Å². The Bertz CT molecular complexity index is 253. The summed E-state index contributed by atoms with van der Waals surface area (Å²) in [5, 5.41) is 0. The minimum Gasteiger partial charge on any atom is -0.494 e. The summed E-state index contributed by atoms with van der Waals surface area (Å²) in [5.41, 5.74) is 1.24. The maximum Gasteiger partial charge on any atom is 0.123 e. The van der Waals surface area contributed by atoms with Crippen molar-refractivity contribution in [1.82, 2.24) is 0 Å². The van der Waals surface area contributed by atoms with Crippen molar-refractivity contribution in [3.05, 3.63) is 48.7 Å². The summed E-state index contributed by atoms with van der Waals surface area (Å²) in [6, 6.07) is 10.3. The standard InChI is InChI=1S/C13H18O/c1-3-5-11-13(14-4-2)12-9-7-6-8-10-12/h4,6-10,13H,2-3,5,11H2,1H3. The van der Waals surface area contributed by atoms with E-state index < -0.39 is 0 Å². The van der Waals surface area contributed by atoms with Crippen molar-refractivity contribution in [2.24, 2.45) is 0 Å². The van der Waals surface area contributed by atoms with Crippen LogP contribution in [0.15, 0.2) is 43.2 Å². The van der Waals surface area contributed by atoms with Crippen LogP contribution >= 0.6 is 0 Å². The van der Waals surface area contributed by atoms with Crippen molar-refractivity contribution >= 4 is 0 Å². The van der Waals surface area contributed by atoms with Crippen LogP contribution in [-0.4, -0.2) is 0 Å². The lowest BCUT2D eigenvalue weighted by molar-refractivity contribution is 0.135. The molecule has 1 nitrogen and oxygen atoms in total. The number of ether oxygens (including phenoxy) is 1. The monoisotopic (exact) mass is 190 g/mol. The highest BCUT2D eigenvalue weighted by Crippen LogP contribution is 2.23. The minimum atomic E-state index is 0.175. The first-order valence-corrected chi connectivity index (χ1v) is 5.19. The molecule has 0 bridgehead atoms. The molecule has 1 heteroatoms. The molecule has 0 heterocycles. The van der Waals surface area contributed by atoms with Gasteiger partial charge in [0.05, 0.1) is 6.26 Å². The molecule has 1 aromatic rings. The fourth-order valence-corrected chi connectivity index (χ4v) is 1.49. The van der Waals surface area contributed by atoms with Crippen LogP contribution in [0.4, 0.5) is 0 Å². The Morgan fingerprint density at radius 2 is 2.07 bits per heavy atom. The molecule has 0 aliphatic rings. The third-order valence-corrected chi connectivity index (χ3v) is 2.25. The topological polar surface area (TPSA) is 9.23 Å². The quantitative estimate of drug-likeness (QED) is 0.614. The van der Waals surface area contributed by atoms with Gasteiger partial charge in [0.15, 0.2) is 0 Å². The number of rotatable bonds is 6. The van der Waals surface area contributed by atoms with Gasteiger partial charge in [-0.25, -0.2) is 0 Å². The zero-order valence-electron chi connectivity index (χ0n) is 8.78. The van der Waals surface area contributed by atoms with Gasteiger partial charge in [-0.15, -0.1) is 0 Å². The fourth-order valence-electron chi connectivity index (χ4n) is 1.49. The SMILES string of the molecule is C=COC(CCCC)c1ccccc1. The smallest absolute Gasteiger partial charge is 0.123 e. The normalized spacial score (nSPS) is 12.1. The van der Waals surface area contributed by atoms with Crippen molar-refractivity contribution < 1.29 is 4.74 Å². The highest BCUT2D eigenvalue weighted by Gasteiger charge is 2.09. The zero-order valence-corrected chi connectivity index (χ0v) is 8.78. The average molecular weight is 190 g/mol. The second-order valence-electron chi connectivity index (χ2n) is 3.34. The van der Waals surface area contributed by atoms with Crippen molar-refractivity contribution in [3.8, 4) is 0 Å². The molecule has 0 amide bonds. The van der Waals surface area contributed by atoms with Gasteiger partial charge in [-0.1, -0.05) is 50.3 Å². The minimum absolute atomic E-state index is 0.175. The zero-order chi connectivity index (χ0) is 10.2. The maximum absolute atomic E-state index is 5.49. The van der Waals surface area contributed by atoms with Gasteiger partial charge in [0.1, 0.15) is 6.10 Å². The number of benzene rings is 1. The highest BCUT2D eigenvalue weighted by molar-refractivity contribution is 5.17. The van der Waals surface area contributed by atoms with Crippen LogP contribution in [0.5, 0.6) is 0 Å². The van der Waals surface area contributed by atoms with Gasteiger partial charge in [-0.3, -0.25) is 0 Å². The maximum atomic E-state index is 5.49. The molecule has 1 atom stereocenters. The van der Waals surface area contributed by atoms with E-state index >= 15 is 0 Å². The first kappa shape index (κ1) is 10.8. The number of hydrogen-bond donors (Lipinski definition) is 0. The van der Waals surface area contributed by atoms with E-state index in [1.165, 1.54) is 24.7 Å². The Labute approximate surface area is 86.4 Å². The fraction of sp³-hybridized carbons (Fsp3) is 0.385. The van der Waals surface area contributed by atoms with E-state index in [2.05, 4.69) is 25.6 Å². The second-order valence-corrected chi connectivity index (χ2v) is 3.34. The number of hydrogen-bond acceptors (Lipinski definition) is 1. The summed E-state index contributed by atoms with van der Waals surface area (Å²) < 4.78 is 5.49. The van der Waals surface area contributed by atoms with Gasteiger partial charge in [0.25, 0.3) is 0 Å². The van der Waals surface area contributed by atoms with Gasteiger partial charge in [-0.05, 0) is 18.4 Å². The van der Waals surface area contributed by atoms with Crippen molar-refractivity contribution in [1.29, 1.82) is 0 Å². The van der Waals surface area contributed by atoms with E-state index in [1.54, 1.807) is 0 Å². The Hall–Kier alpha value is -1.24. The molecule has 0 aliphatic heterocycles. The van der Waals surface area contributed by atoms with E-state index in [1.807, 2.05) is 18.2 Å². The molecule has 0 aliphatic carbocycles. The van der Waals surface area contributed by atoms with Crippen LogP contribution in [0, 0.1) is 0 Å². The molecular formula is C13H18O. The summed E-state index contributed by atoms with van der Waals surface area (Å²) in [5.74, 6) is 0. The molecule has 0 saturated carbocycles. The molecule has 1 aromatic carbocycles. The lowest BCUT2D eigenvalue weighted by atomic mass is 10.0. The first-order chi connectivity index (χ1) is 6.88. The van der Waals surface area contributed by atoms with Crippen molar-refractivity contribution in [2.75, 3.05) is 0 Å². The van der Waals surface area contributed by atoms with Crippen LogP contribution < -0.4 is 0 Å². The molecule has 0 aromatic heterocycles. The molecule has 14 heavy (non-hydrogen) atoms. The summed E-state index contributed by atoms with van der Waals surface area (Å²) in [6.07, 6.45) is 5.16. The second kappa shape index (κ2) is 6.25. The third kappa shape index (κ3) is 3.25. The average Bonchev–Trinajstić information content (AvgIpc) is 2.25. The van der Waals surface area contributed by atoms with E-state index in [4.69, 9.17) is 4.74 Å². The predicted octanol–water partition coefficient (Wildman–Crippen LogP) is 4.08. The van der Waals surface area contributed by atoms with E-state index in [-0.39, 0.29) is 6.10 Å². The molecule has 0 N–H and O–H groups in total. The first-order valence-electron chi connectivity index (χ1n) is 5.19.